The van der Waals surface area contributed by atoms with Crippen molar-refractivity contribution < 1.29 is 23.7 Å². The Hall–Kier alpha value is -0.980. The van der Waals surface area contributed by atoms with E-state index in [0.717, 1.165) is 46.1 Å². The van der Waals surface area contributed by atoms with Crippen LogP contribution in [0.25, 0.3) is 0 Å². The summed E-state index contributed by atoms with van der Waals surface area (Å²) in [5.41, 5.74) is 1.51. The number of hydrogen-bond acceptors (Lipinski definition) is 5. The lowest BCUT2D eigenvalue weighted by Gasteiger charge is -1.91. The van der Waals surface area contributed by atoms with Crippen molar-refractivity contribution in [3.63, 3.8) is 0 Å². The first-order valence-corrected chi connectivity index (χ1v) is 21.5. The second-order valence-corrected chi connectivity index (χ2v) is 6.63. The van der Waals surface area contributed by atoms with E-state index in [9.17, 15) is 0 Å². The molecule has 2 rings (SSSR count). The lowest BCUT2D eigenvalue weighted by Crippen LogP contribution is -1.88. The SMILES string of the molecule is C.C=C.CC.CC.CC.CC.CC.CC.CC.CC.CC.CC1=CC=CCCC1.CCC1CO1.CCCOCC.CCOC.CCOC.CCOC. The highest BCUT2D eigenvalue weighted by atomic mass is 16.6. The van der Waals surface area contributed by atoms with Crippen LogP contribution in [0.3, 0.4) is 0 Å². The van der Waals surface area contributed by atoms with Gasteiger partial charge in [-0.25, -0.2) is 0 Å². The summed E-state index contributed by atoms with van der Waals surface area (Å²) in [6.07, 6.45) is 13.4. The molecule has 0 N–H and O–H groups in total. The highest BCUT2D eigenvalue weighted by Crippen LogP contribution is 2.11. The summed E-state index contributed by atoms with van der Waals surface area (Å²) >= 11 is 0. The van der Waals surface area contributed by atoms with E-state index in [-0.39, 0.29) is 7.43 Å². The first kappa shape index (κ1) is 98.4. The van der Waals surface area contributed by atoms with Crippen molar-refractivity contribution >= 4 is 0 Å². The van der Waals surface area contributed by atoms with Gasteiger partial charge in [0.1, 0.15) is 0 Å². The topological polar surface area (TPSA) is 49.5 Å². The molecule has 52 heavy (non-hydrogen) atoms. The Kier molecular flexibility index (Phi) is 394. The lowest BCUT2D eigenvalue weighted by molar-refractivity contribution is 0.148. The van der Waals surface area contributed by atoms with E-state index in [1.54, 1.807) is 21.3 Å². The average molecular weight is 763 g/mol. The number of methoxy groups -OCH3 is 3. The molecule has 5 heteroatoms. The molecule has 1 fully saturated rings. The molecule has 1 unspecified atom stereocenters. The zero-order chi connectivity index (χ0) is 44.6. The molecule has 336 valence electrons. The van der Waals surface area contributed by atoms with Gasteiger partial charge in [-0.2, -0.15) is 0 Å². The van der Waals surface area contributed by atoms with Gasteiger partial charge in [0.25, 0.3) is 0 Å². The Morgan fingerprint density at radius 2 is 0.885 bits per heavy atom. The van der Waals surface area contributed by atoms with Crippen LogP contribution in [0.5, 0.6) is 0 Å². The van der Waals surface area contributed by atoms with Crippen molar-refractivity contribution in [3.05, 3.63) is 37.0 Å². The molecule has 0 spiro atoms. The van der Waals surface area contributed by atoms with Crippen LogP contribution in [0.2, 0.25) is 0 Å². The third kappa shape index (κ3) is 312. The quantitative estimate of drug-likeness (QED) is 0.147. The normalized spacial score (nSPS) is 10.2. The molecule has 0 aromatic rings. The average Bonchev–Trinajstić information content (AvgIpc) is 4.14. The molecule has 1 aliphatic heterocycles. The first-order chi connectivity index (χ1) is 25.0. The molecule has 0 saturated carbocycles. The van der Waals surface area contributed by atoms with Gasteiger partial charge in [0.05, 0.1) is 12.7 Å². The molecule has 0 aromatic carbocycles. The van der Waals surface area contributed by atoms with Crippen molar-refractivity contribution in [1.82, 2.24) is 0 Å². The van der Waals surface area contributed by atoms with Gasteiger partial charge in [0.15, 0.2) is 0 Å². The number of allylic oxidation sites excluding steroid dienone is 4. The zero-order valence-corrected chi connectivity index (χ0v) is 42.0. The Morgan fingerprint density at radius 1 is 0.596 bits per heavy atom. The van der Waals surface area contributed by atoms with Gasteiger partial charge in [-0.1, -0.05) is 170 Å². The maximum absolute atomic E-state index is 4.98. The predicted molar refractivity (Wildman–Crippen MR) is 256 cm³/mol. The molecular weight excluding hydrogens is 645 g/mol. The van der Waals surface area contributed by atoms with Gasteiger partial charge in [-0.15, -0.1) is 13.2 Å². The summed E-state index contributed by atoms with van der Waals surface area (Å²) < 4.78 is 23.5. The third-order valence-corrected chi connectivity index (χ3v) is 3.74. The molecule has 1 atom stereocenters. The van der Waals surface area contributed by atoms with Crippen LogP contribution in [0, 0.1) is 0 Å². The molecule has 1 saturated heterocycles. The fourth-order valence-electron chi connectivity index (χ4n) is 1.50. The van der Waals surface area contributed by atoms with Crippen LogP contribution >= 0.6 is 0 Å². The molecule has 0 radical (unpaired) electrons. The minimum Gasteiger partial charge on any atom is -0.385 e. The van der Waals surface area contributed by atoms with Crippen molar-refractivity contribution in [3.8, 4) is 0 Å². The second-order valence-electron chi connectivity index (χ2n) is 6.63. The molecule has 0 aromatic heterocycles. The molecule has 2 aliphatic rings. The Balaban J connectivity index is -0.0000000223. The minimum absolute atomic E-state index is 0. The van der Waals surface area contributed by atoms with E-state index >= 15 is 0 Å². The number of hydrogen-bond donors (Lipinski definition) is 0. The minimum atomic E-state index is 0. The zero-order valence-electron chi connectivity index (χ0n) is 42.0. The summed E-state index contributed by atoms with van der Waals surface area (Å²) in [6.45, 7) is 61.6. The van der Waals surface area contributed by atoms with Crippen LogP contribution in [0.15, 0.2) is 37.0 Å². The standard InChI is InChI=1S/C8H12.C5H12O.C4H8O.3C3H8O.9C2H6.C2H4.CH4/c1-8-6-4-2-3-5-7-8;1-3-5-6-4-2;1-2-4-3-5-4;3*1-3-4-2;10*1-2;/h2,4,6H,3,5,7H2,1H3;3-5H2,1-2H3;4H,2-3H2,1H3;3*3H2,1-2H3;9*1-2H3;1-2H2;1H4. The van der Waals surface area contributed by atoms with E-state index < -0.39 is 0 Å². The molecule has 5 nitrogen and oxygen atoms in total. The predicted octanol–water partition coefficient (Wildman–Crippen LogP) is 17.5. The van der Waals surface area contributed by atoms with Crippen molar-refractivity contribution in [2.24, 2.45) is 0 Å². The van der Waals surface area contributed by atoms with E-state index in [1.807, 2.05) is 152 Å². The molecule has 1 heterocycles. The van der Waals surface area contributed by atoms with E-state index in [4.69, 9.17) is 9.47 Å². The number of epoxide rings is 1. The number of ether oxygens (including phenoxy) is 5. The van der Waals surface area contributed by atoms with Crippen LogP contribution < -0.4 is 0 Å². The molecule has 0 amide bonds. The van der Waals surface area contributed by atoms with E-state index in [1.165, 1.54) is 31.3 Å². The Labute approximate surface area is 339 Å². The fourth-order valence-corrected chi connectivity index (χ4v) is 1.50. The number of rotatable bonds is 7. The molecular formula is C47H118O5. The Bertz CT molecular complexity index is 323. The van der Waals surface area contributed by atoms with E-state index in [2.05, 4.69) is 66.4 Å². The summed E-state index contributed by atoms with van der Waals surface area (Å²) in [5, 5.41) is 0. The van der Waals surface area contributed by atoms with Crippen molar-refractivity contribution in [2.45, 2.75) is 219 Å². The summed E-state index contributed by atoms with van der Waals surface area (Å²) in [4.78, 5) is 0. The van der Waals surface area contributed by atoms with Gasteiger partial charge < -0.3 is 23.7 Å². The largest absolute Gasteiger partial charge is 0.385 e. The summed E-state index contributed by atoms with van der Waals surface area (Å²) in [6, 6.07) is 0. The monoisotopic (exact) mass is 763 g/mol. The maximum Gasteiger partial charge on any atom is 0.0807 e. The summed E-state index contributed by atoms with van der Waals surface area (Å²) in [7, 11) is 5.04. The van der Waals surface area contributed by atoms with Gasteiger partial charge in [-0.3, -0.25) is 0 Å². The van der Waals surface area contributed by atoms with Gasteiger partial charge >= 0.3 is 0 Å². The molecule has 1 aliphatic carbocycles. The second kappa shape index (κ2) is 208. The smallest absolute Gasteiger partial charge is 0.0807 e. The van der Waals surface area contributed by atoms with Gasteiger partial charge in [0.2, 0.25) is 0 Å². The third-order valence-electron chi connectivity index (χ3n) is 3.74. The fraction of sp³-hybridized carbons (Fsp3) is 0.872. The highest BCUT2D eigenvalue weighted by Gasteiger charge is 2.18. The maximum atomic E-state index is 4.98. The van der Waals surface area contributed by atoms with Crippen LogP contribution in [0.1, 0.15) is 213 Å². The van der Waals surface area contributed by atoms with Gasteiger partial charge in [0, 0.05) is 54.4 Å². The Morgan fingerprint density at radius 3 is 1.04 bits per heavy atom. The molecule has 0 bridgehead atoms. The summed E-state index contributed by atoms with van der Waals surface area (Å²) in [5.74, 6) is 0. The van der Waals surface area contributed by atoms with Gasteiger partial charge in [-0.05, 0) is 66.7 Å². The van der Waals surface area contributed by atoms with E-state index in [0.29, 0.717) is 6.10 Å². The van der Waals surface area contributed by atoms with Crippen LogP contribution in [-0.4, -0.2) is 67.1 Å². The lowest BCUT2D eigenvalue weighted by atomic mass is 10.1. The van der Waals surface area contributed by atoms with Crippen LogP contribution in [-0.2, 0) is 23.7 Å². The first-order valence-electron chi connectivity index (χ1n) is 21.5. The van der Waals surface area contributed by atoms with Crippen molar-refractivity contribution in [2.75, 3.05) is 61.0 Å². The van der Waals surface area contributed by atoms with Crippen LogP contribution in [0.4, 0.5) is 0 Å². The van der Waals surface area contributed by atoms with Crippen molar-refractivity contribution in [1.29, 1.82) is 0 Å². The highest BCUT2D eigenvalue weighted by molar-refractivity contribution is 5.12.